The van der Waals surface area contributed by atoms with Crippen molar-refractivity contribution in [3.05, 3.63) is 24.3 Å². The molecule has 0 aliphatic rings. The van der Waals surface area contributed by atoms with Gasteiger partial charge in [-0.3, -0.25) is 19.4 Å². The molecule has 0 bridgehead atoms. The van der Waals surface area contributed by atoms with Crippen LogP contribution in [-0.2, 0) is 23.2 Å². The molecule has 0 spiro atoms. The van der Waals surface area contributed by atoms with Crippen molar-refractivity contribution in [3.8, 4) is 5.75 Å². The van der Waals surface area contributed by atoms with Crippen molar-refractivity contribution in [2.24, 2.45) is 0 Å². The predicted molar refractivity (Wildman–Crippen MR) is 176 cm³/mol. The number of ether oxygens (including phenoxy) is 2. The van der Waals surface area contributed by atoms with E-state index in [4.69, 9.17) is 18.3 Å². The van der Waals surface area contributed by atoms with Gasteiger partial charge < -0.3 is 23.4 Å². The molecule has 0 fully saturated rings. The molecule has 0 atom stereocenters. The van der Waals surface area contributed by atoms with Crippen LogP contribution in [0, 0.1) is 0 Å². The van der Waals surface area contributed by atoms with E-state index in [-0.39, 0.29) is 22.4 Å². The number of amides is 1. The van der Waals surface area contributed by atoms with E-state index in [1.807, 2.05) is 4.90 Å². The highest BCUT2D eigenvalue weighted by atomic mass is 28.4. The van der Waals surface area contributed by atoms with Gasteiger partial charge in [0.05, 0.1) is 6.54 Å². The van der Waals surface area contributed by atoms with Crippen molar-refractivity contribution in [1.29, 1.82) is 0 Å². The second-order valence-corrected chi connectivity index (χ2v) is 24.5. The Hall–Kier alpha value is -2.26. The highest BCUT2D eigenvalue weighted by Crippen LogP contribution is 2.37. The number of anilines is 1. The van der Waals surface area contributed by atoms with Crippen LogP contribution in [0.5, 0.6) is 5.75 Å². The van der Waals surface area contributed by atoms with E-state index < -0.39 is 46.8 Å². The third-order valence-corrected chi connectivity index (χ3v) is 17.1. The van der Waals surface area contributed by atoms with Gasteiger partial charge >= 0.3 is 18.0 Å². The zero-order valence-corrected chi connectivity index (χ0v) is 30.8. The molecule has 10 nitrogen and oxygen atoms in total. The van der Waals surface area contributed by atoms with E-state index in [0.717, 1.165) is 4.90 Å². The van der Waals surface area contributed by atoms with Crippen LogP contribution in [0.25, 0.3) is 0 Å². The first-order chi connectivity index (χ1) is 19.3. The largest absolute Gasteiger partial charge is 0.480 e. The van der Waals surface area contributed by atoms with Crippen LogP contribution in [0.15, 0.2) is 24.3 Å². The zero-order valence-electron chi connectivity index (χ0n) is 28.8. The average Bonchev–Trinajstić information content (AvgIpc) is 2.80. The summed E-state index contributed by atoms with van der Waals surface area (Å²) in [4.78, 5) is 40.0. The summed E-state index contributed by atoms with van der Waals surface area (Å²) in [6.07, 6.45) is -0.782. The highest BCUT2D eigenvalue weighted by molar-refractivity contribution is 6.74. The molecule has 1 aromatic carbocycles. The molecule has 0 saturated carbocycles. The van der Waals surface area contributed by atoms with Gasteiger partial charge in [-0.25, -0.2) is 4.79 Å². The van der Waals surface area contributed by atoms with Crippen LogP contribution in [-0.4, -0.2) is 89.7 Å². The Morgan fingerprint density at radius 2 is 1.19 bits per heavy atom. The van der Waals surface area contributed by atoms with E-state index in [9.17, 15) is 19.5 Å². The molecule has 12 heteroatoms. The van der Waals surface area contributed by atoms with Gasteiger partial charge in [-0.2, -0.15) is 0 Å². The summed E-state index contributed by atoms with van der Waals surface area (Å²) in [6.45, 7) is 28.7. The standard InChI is InChI=1S/C31H56N2O8Si2/c1-29(2,3)41-28(37)33(22-26(34)35)24-14-16-25(17-15-24)40-27(36)23-32(18-20-38-42(10,11)30(4,5)6)19-21-39-43(12,13)31(7,8)9/h14-17H,18-23H2,1-13H3,(H,34,35). The minimum Gasteiger partial charge on any atom is -0.480 e. The molecular formula is C31H56N2O8Si2. The van der Waals surface area contributed by atoms with Gasteiger partial charge in [-0.1, -0.05) is 41.5 Å². The Kier molecular flexibility index (Phi) is 13.7. The van der Waals surface area contributed by atoms with Gasteiger partial charge in [-0.15, -0.1) is 0 Å². The molecule has 0 aliphatic heterocycles. The van der Waals surface area contributed by atoms with Gasteiger partial charge in [-0.05, 0) is 81.3 Å². The Balaban J connectivity index is 2.97. The van der Waals surface area contributed by atoms with E-state index >= 15 is 0 Å². The number of esters is 1. The van der Waals surface area contributed by atoms with E-state index in [2.05, 4.69) is 67.7 Å². The molecule has 43 heavy (non-hydrogen) atoms. The summed E-state index contributed by atoms with van der Waals surface area (Å²) < 4.78 is 23.7. The summed E-state index contributed by atoms with van der Waals surface area (Å²) in [5.41, 5.74) is -0.482. The lowest BCUT2D eigenvalue weighted by molar-refractivity contribution is -0.136. The topological polar surface area (TPSA) is 115 Å². The lowest BCUT2D eigenvalue weighted by atomic mass is 10.2. The first-order valence-electron chi connectivity index (χ1n) is 14.9. The molecule has 1 N–H and O–H groups in total. The lowest BCUT2D eigenvalue weighted by Gasteiger charge is -2.37. The van der Waals surface area contributed by atoms with Crippen molar-refractivity contribution >= 4 is 40.4 Å². The Morgan fingerprint density at radius 3 is 1.56 bits per heavy atom. The van der Waals surface area contributed by atoms with Crippen LogP contribution < -0.4 is 9.64 Å². The van der Waals surface area contributed by atoms with E-state index in [1.165, 1.54) is 24.3 Å². The average molecular weight is 641 g/mol. The third-order valence-electron chi connectivity index (χ3n) is 7.99. The van der Waals surface area contributed by atoms with Gasteiger partial charge in [0.15, 0.2) is 16.6 Å². The van der Waals surface area contributed by atoms with Crippen LogP contribution in [0.4, 0.5) is 10.5 Å². The summed E-state index contributed by atoms with van der Waals surface area (Å²) in [7, 11) is -3.89. The number of carbonyl (C=O) groups is 3. The lowest BCUT2D eigenvalue weighted by Crippen LogP contribution is -2.45. The SMILES string of the molecule is CC(C)(C)OC(=O)N(CC(=O)O)c1ccc(OC(=O)CN(CCO[Si](C)(C)C(C)(C)C)CCO[Si](C)(C)C(C)(C)C)cc1. The molecule has 0 heterocycles. The molecule has 0 aliphatic carbocycles. The summed E-state index contributed by atoms with van der Waals surface area (Å²) in [5.74, 6) is -1.35. The highest BCUT2D eigenvalue weighted by Gasteiger charge is 2.38. The first-order valence-corrected chi connectivity index (χ1v) is 20.7. The fourth-order valence-corrected chi connectivity index (χ4v) is 5.39. The summed E-state index contributed by atoms with van der Waals surface area (Å²) in [6, 6.07) is 6.09. The summed E-state index contributed by atoms with van der Waals surface area (Å²) in [5, 5.41) is 9.47. The number of benzene rings is 1. The van der Waals surface area contributed by atoms with Gasteiger partial charge in [0.1, 0.15) is 17.9 Å². The maximum absolute atomic E-state index is 13.0. The Bertz CT molecular complexity index is 1040. The molecular weight excluding hydrogens is 585 g/mol. The molecule has 1 amide bonds. The van der Waals surface area contributed by atoms with Gasteiger partial charge in [0.25, 0.3) is 0 Å². The predicted octanol–water partition coefficient (Wildman–Crippen LogP) is 6.76. The quantitative estimate of drug-likeness (QED) is 0.134. The summed E-state index contributed by atoms with van der Waals surface area (Å²) >= 11 is 0. The number of carbonyl (C=O) groups excluding carboxylic acids is 2. The number of carboxylic acids is 1. The number of rotatable bonds is 14. The molecule has 246 valence electrons. The second-order valence-electron chi connectivity index (χ2n) is 14.9. The minimum atomic E-state index is -1.95. The van der Waals surface area contributed by atoms with Crippen molar-refractivity contribution in [3.63, 3.8) is 0 Å². The fourth-order valence-electron chi connectivity index (χ4n) is 3.32. The van der Waals surface area contributed by atoms with Gasteiger partial charge in [0, 0.05) is 32.0 Å². The van der Waals surface area contributed by atoms with Crippen LogP contribution in [0.3, 0.4) is 0 Å². The number of carboxylic acid groups (broad SMARTS) is 1. The van der Waals surface area contributed by atoms with E-state index in [1.54, 1.807) is 20.8 Å². The van der Waals surface area contributed by atoms with Crippen LogP contribution in [0.1, 0.15) is 62.3 Å². The smallest absolute Gasteiger partial charge is 0.415 e. The second kappa shape index (κ2) is 15.2. The van der Waals surface area contributed by atoms with Crippen molar-refractivity contribution < 1.29 is 37.8 Å². The molecule has 0 radical (unpaired) electrons. The van der Waals surface area contributed by atoms with Crippen molar-refractivity contribution in [2.75, 3.05) is 44.3 Å². The Labute approximate surface area is 261 Å². The monoisotopic (exact) mass is 640 g/mol. The molecule has 0 unspecified atom stereocenters. The van der Waals surface area contributed by atoms with Crippen molar-refractivity contribution in [1.82, 2.24) is 4.90 Å². The number of hydrogen-bond acceptors (Lipinski definition) is 8. The number of hydrogen-bond donors (Lipinski definition) is 1. The number of aliphatic carboxylic acids is 1. The maximum Gasteiger partial charge on any atom is 0.415 e. The van der Waals surface area contributed by atoms with Crippen LogP contribution in [0.2, 0.25) is 36.3 Å². The van der Waals surface area contributed by atoms with Crippen LogP contribution >= 0.6 is 0 Å². The Morgan fingerprint density at radius 1 is 0.744 bits per heavy atom. The number of nitrogens with zero attached hydrogens (tertiary/aromatic N) is 2. The maximum atomic E-state index is 13.0. The molecule has 1 aromatic rings. The van der Waals surface area contributed by atoms with Gasteiger partial charge in [0.2, 0.25) is 0 Å². The fraction of sp³-hybridized carbons (Fsp3) is 0.710. The third kappa shape index (κ3) is 13.5. The zero-order chi connectivity index (χ0) is 33.4. The molecule has 1 rings (SSSR count). The minimum absolute atomic E-state index is 0.0481. The van der Waals surface area contributed by atoms with E-state index in [0.29, 0.717) is 32.0 Å². The normalized spacial score (nSPS) is 13.2. The van der Waals surface area contributed by atoms with Crippen molar-refractivity contribution in [2.45, 2.75) is 104 Å². The molecule has 0 aromatic heterocycles. The molecule has 0 saturated heterocycles. The first kappa shape index (κ1) is 38.8.